The molecule has 2 aromatic heterocycles. The summed E-state index contributed by atoms with van der Waals surface area (Å²) in [5.41, 5.74) is 3.25. The van der Waals surface area contributed by atoms with E-state index in [0.717, 1.165) is 52.9 Å². The van der Waals surface area contributed by atoms with Crippen LogP contribution >= 0.6 is 0 Å². The maximum atomic E-state index is 13.8. The molecule has 4 aromatic rings. The molecule has 0 radical (unpaired) electrons. The molecule has 0 spiro atoms. The fourth-order valence-electron chi connectivity index (χ4n) is 3.57. The van der Waals surface area contributed by atoms with Gasteiger partial charge in [-0.3, -0.25) is 4.98 Å². The summed E-state index contributed by atoms with van der Waals surface area (Å²) in [7, 11) is 1.62. The number of aromatic nitrogens is 3. The minimum atomic E-state index is -0.271. The van der Waals surface area contributed by atoms with Crippen LogP contribution < -0.4 is 9.64 Å². The SMILES string of the molecule is COc1cc(-c2cccc(F)c2)cc2c(N3CCC3)nc(-c3cccnc3)nc12. The minimum Gasteiger partial charge on any atom is -0.494 e. The van der Waals surface area contributed by atoms with Gasteiger partial charge in [0, 0.05) is 36.4 Å². The van der Waals surface area contributed by atoms with Gasteiger partial charge in [0.2, 0.25) is 0 Å². The third-order valence-corrected chi connectivity index (χ3v) is 5.20. The lowest BCUT2D eigenvalue weighted by Crippen LogP contribution is -2.37. The van der Waals surface area contributed by atoms with Crippen molar-refractivity contribution in [2.45, 2.75) is 6.42 Å². The summed E-state index contributed by atoms with van der Waals surface area (Å²) in [6.07, 6.45) is 4.62. The first-order valence-corrected chi connectivity index (χ1v) is 9.54. The highest BCUT2D eigenvalue weighted by Crippen LogP contribution is 2.38. The molecule has 0 bridgehead atoms. The van der Waals surface area contributed by atoms with Gasteiger partial charge in [0.05, 0.1) is 7.11 Å². The second-order valence-electron chi connectivity index (χ2n) is 7.04. The predicted molar refractivity (Wildman–Crippen MR) is 112 cm³/mol. The molecule has 144 valence electrons. The van der Waals surface area contributed by atoms with E-state index in [0.29, 0.717) is 11.6 Å². The highest BCUT2D eigenvalue weighted by atomic mass is 19.1. The van der Waals surface area contributed by atoms with Crippen LogP contribution in [0, 0.1) is 5.82 Å². The lowest BCUT2D eigenvalue weighted by molar-refractivity contribution is 0.419. The first-order chi connectivity index (χ1) is 14.2. The Bertz CT molecular complexity index is 1190. The Morgan fingerprint density at radius 1 is 0.966 bits per heavy atom. The van der Waals surface area contributed by atoms with Crippen molar-refractivity contribution in [3.8, 4) is 28.3 Å². The van der Waals surface area contributed by atoms with Crippen molar-refractivity contribution in [2.24, 2.45) is 0 Å². The quantitative estimate of drug-likeness (QED) is 0.508. The minimum absolute atomic E-state index is 0.271. The van der Waals surface area contributed by atoms with Gasteiger partial charge in [-0.1, -0.05) is 12.1 Å². The van der Waals surface area contributed by atoms with E-state index in [1.54, 1.807) is 25.6 Å². The average Bonchev–Trinajstić information content (AvgIpc) is 2.72. The number of methoxy groups -OCH3 is 1. The molecule has 6 heteroatoms. The van der Waals surface area contributed by atoms with E-state index in [-0.39, 0.29) is 5.82 Å². The third-order valence-electron chi connectivity index (χ3n) is 5.20. The Morgan fingerprint density at radius 2 is 1.83 bits per heavy atom. The van der Waals surface area contributed by atoms with Gasteiger partial charge in [-0.2, -0.15) is 0 Å². The zero-order chi connectivity index (χ0) is 19.8. The van der Waals surface area contributed by atoms with Gasteiger partial charge in [0.1, 0.15) is 22.9 Å². The molecule has 0 unspecified atom stereocenters. The molecule has 0 saturated carbocycles. The van der Waals surface area contributed by atoms with Gasteiger partial charge in [-0.15, -0.1) is 0 Å². The molecule has 0 aliphatic carbocycles. The largest absolute Gasteiger partial charge is 0.494 e. The smallest absolute Gasteiger partial charge is 0.163 e. The van der Waals surface area contributed by atoms with Crippen LogP contribution in [-0.2, 0) is 0 Å². The van der Waals surface area contributed by atoms with Gasteiger partial charge in [-0.25, -0.2) is 14.4 Å². The molecule has 3 heterocycles. The maximum Gasteiger partial charge on any atom is 0.163 e. The van der Waals surface area contributed by atoms with Crippen LogP contribution in [0.25, 0.3) is 33.4 Å². The molecule has 5 nitrogen and oxygen atoms in total. The number of halogens is 1. The molecule has 0 atom stereocenters. The van der Waals surface area contributed by atoms with E-state index in [2.05, 4.69) is 9.88 Å². The van der Waals surface area contributed by atoms with Crippen LogP contribution in [0.3, 0.4) is 0 Å². The summed E-state index contributed by atoms with van der Waals surface area (Å²) in [5, 5.41) is 0.899. The fraction of sp³-hybridized carbons (Fsp3) is 0.174. The van der Waals surface area contributed by atoms with Crippen LogP contribution in [0.4, 0.5) is 10.2 Å². The number of rotatable bonds is 4. The molecule has 5 rings (SSSR count). The first-order valence-electron chi connectivity index (χ1n) is 9.54. The molecule has 0 N–H and O–H groups in total. The highest BCUT2D eigenvalue weighted by molar-refractivity contribution is 5.98. The topological polar surface area (TPSA) is 51.1 Å². The number of ether oxygens (including phenoxy) is 1. The average molecular weight is 386 g/mol. The summed E-state index contributed by atoms with van der Waals surface area (Å²) in [4.78, 5) is 16.1. The Labute approximate surface area is 167 Å². The van der Waals surface area contributed by atoms with Gasteiger partial charge in [0.25, 0.3) is 0 Å². The van der Waals surface area contributed by atoms with Crippen molar-refractivity contribution in [1.29, 1.82) is 0 Å². The van der Waals surface area contributed by atoms with E-state index < -0.39 is 0 Å². The number of hydrogen-bond acceptors (Lipinski definition) is 5. The third kappa shape index (κ3) is 3.16. The Balaban J connectivity index is 1.77. The molecule has 1 aliphatic rings. The summed E-state index contributed by atoms with van der Waals surface area (Å²) in [6, 6.07) is 14.3. The van der Waals surface area contributed by atoms with Gasteiger partial charge < -0.3 is 9.64 Å². The van der Waals surface area contributed by atoms with Crippen molar-refractivity contribution >= 4 is 16.7 Å². The summed E-state index contributed by atoms with van der Waals surface area (Å²) in [6.45, 7) is 1.90. The molecular formula is C23H19FN4O. The van der Waals surface area contributed by atoms with Crippen LogP contribution in [0.2, 0.25) is 0 Å². The van der Waals surface area contributed by atoms with Crippen molar-refractivity contribution in [1.82, 2.24) is 15.0 Å². The monoisotopic (exact) mass is 386 g/mol. The number of fused-ring (bicyclic) bond motifs is 1. The van der Waals surface area contributed by atoms with Crippen LogP contribution in [-0.4, -0.2) is 35.2 Å². The second kappa shape index (κ2) is 7.13. The molecule has 1 aliphatic heterocycles. The summed E-state index contributed by atoms with van der Waals surface area (Å²) >= 11 is 0. The standard InChI is InChI=1S/C23H19FN4O/c1-29-20-13-17(15-5-2-7-18(24)11-15)12-19-21(20)26-22(16-6-3-8-25-14-16)27-23(19)28-9-4-10-28/h2-3,5-8,11-14H,4,9-10H2,1H3. The molecule has 29 heavy (non-hydrogen) atoms. The highest BCUT2D eigenvalue weighted by Gasteiger charge is 2.23. The second-order valence-corrected chi connectivity index (χ2v) is 7.04. The van der Waals surface area contributed by atoms with Gasteiger partial charge in [0.15, 0.2) is 5.82 Å². The van der Waals surface area contributed by atoms with Crippen molar-refractivity contribution in [2.75, 3.05) is 25.1 Å². The Kier molecular flexibility index (Phi) is 4.31. The Morgan fingerprint density at radius 3 is 2.52 bits per heavy atom. The van der Waals surface area contributed by atoms with E-state index >= 15 is 0 Å². The molecule has 1 fully saturated rings. The normalized spacial score (nSPS) is 13.4. The predicted octanol–water partition coefficient (Wildman–Crippen LogP) is 4.72. The molecule has 2 aromatic carbocycles. The van der Waals surface area contributed by atoms with Crippen LogP contribution in [0.1, 0.15) is 6.42 Å². The maximum absolute atomic E-state index is 13.8. The molecule has 1 saturated heterocycles. The number of pyridine rings is 1. The van der Waals surface area contributed by atoms with Crippen molar-refractivity contribution in [3.05, 3.63) is 66.7 Å². The van der Waals surface area contributed by atoms with E-state index in [4.69, 9.17) is 14.7 Å². The number of hydrogen-bond donors (Lipinski definition) is 0. The van der Waals surface area contributed by atoms with E-state index in [9.17, 15) is 4.39 Å². The van der Waals surface area contributed by atoms with Gasteiger partial charge >= 0.3 is 0 Å². The molecule has 0 amide bonds. The zero-order valence-electron chi connectivity index (χ0n) is 16.0. The van der Waals surface area contributed by atoms with E-state index in [1.165, 1.54) is 12.1 Å². The van der Waals surface area contributed by atoms with Crippen LogP contribution in [0.5, 0.6) is 5.75 Å². The number of benzene rings is 2. The lowest BCUT2D eigenvalue weighted by Gasteiger charge is -2.33. The summed E-state index contributed by atoms with van der Waals surface area (Å²) in [5.74, 6) is 1.85. The van der Waals surface area contributed by atoms with Crippen LogP contribution in [0.15, 0.2) is 60.9 Å². The van der Waals surface area contributed by atoms with E-state index in [1.807, 2.05) is 30.3 Å². The Hall–Kier alpha value is -3.54. The van der Waals surface area contributed by atoms with Crippen molar-refractivity contribution in [3.63, 3.8) is 0 Å². The first kappa shape index (κ1) is 17.6. The number of nitrogens with zero attached hydrogens (tertiary/aromatic N) is 4. The van der Waals surface area contributed by atoms with Crippen molar-refractivity contribution < 1.29 is 9.13 Å². The van der Waals surface area contributed by atoms with Gasteiger partial charge in [-0.05, 0) is 53.9 Å². The lowest BCUT2D eigenvalue weighted by atomic mass is 10.0. The fourth-order valence-corrected chi connectivity index (χ4v) is 3.57. The number of anilines is 1. The summed E-state index contributed by atoms with van der Waals surface area (Å²) < 4.78 is 19.5. The zero-order valence-corrected chi connectivity index (χ0v) is 16.0. The molecular weight excluding hydrogens is 367 g/mol.